The van der Waals surface area contributed by atoms with Crippen LogP contribution in [0.25, 0.3) is 0 Å². The van der Waals surface area contributed by atoms with Crippen molar-refractivity contribution in [2.24, 2.45) is 11.8 Å². The van der Waals surface area contributed by atoms with Crippen molar-refractivity contribution in [1.82, 2.24) is 10.2 Å². The molecule has 1 aromatic rings. The second kappa shape index (κ2) is 7.00. The van der Waals surface area contributed by atoms with Gasteiger partial charge in [0, 0.05) is 13.1 Å². The van der Waals surface area contributed by atoms with Gasteiger partial charge >= 0.3 is 5.97 Å². The van der Waals surface area contributed by atoms with Gasteiger partial charge in [-0.15, -0.1) is 0 Å². The molecule has 1 N–H and O–H groups in total. The third kappa shape index (κ3) is 2.72. The zero-order valence-corrected chi connectivity index (χ0v) is 15.6. The predicted octanol–water partition coefficient (Wildman–Crippen LogP) is 1.37. The number of rotatable bonds is 5. The van der Waals surface area contributed by atoms with E-state index in [-0.39, 0.29) is 11.8 Å². The van der Waals surface area contributed by atoms with Crippen LogP contribution in [-0.4, -0.2) is 54.4 Å². The first-order valence-corrected chi connectivity index (χ1v) is 9.68. The van der Waals surface area contributed by atoms with Crippen molar-refractivity contribution in [3.8, 4) is 0 Å². The summed E-state index contributed by atoms with van der Waals surface area (Å²) >= 11 is 1.54. The Morgan fingerprint density at radius 2 is 1.96 bits per heavy atom. The van der Waals surface area contributed by atoms with Crippen molar-refractivity contribution in [2.75, 3.05) is 26.2 Å². The molecule has 0 radical (unpaired) electrons. The number of hydrogen-bond donors (Lipinski definition) is 1. The van der Waals surface area contributed by atoms with Crippen LogP contribution in [0.15, 0.2) is 24.3 Å². The van der Waals surface area contributed by atoms with Crippen LogP contribution in [-0.2, 0) is 19.1 Å². The second-order valence-corrected chi connectivity index (χ2v) is 7.60. The van der Waals surface area contributed by atoms with Crippen LogP contribution in [0, 0.1) is 17.7 Å². The summed E-state index contributed by atoms with van der Waals surface area (Å²) in [6, 6.07) is 5.18. The summed E-state index contributed by atoms with van der Waals surface area (Å²) < 4.78 is 18.3. The van der Waals surface area contributed by atoms with Crippen molar-refractivity contribution >= 4 is 29.5 Å². The Morgan fingerprint density at radius 1 is 1.31 bits per heavy atom. The maximum atomic E-state index is 13.3. The molecule has 6 nitrogen and oxygen atoms in total. The molecular weight excluding hydrogens is 359 g/mol. The lowest BCUT2D eigenvalue weighted by Gasteiger charge is -2.32. The average Bonchev–Trinajstić information content (AvgIpc) is 3.10. The summed E-state index contributed by atoms with van der Waals surface area (Å²) in [7, 11) is 2.71. The number of halogens is 1. The Morgan fingerprint density at radius 3 is 2.54 bits per heavy atom. The first-order valence-electron chi connectivity index (χ1n) is 8.29. The molecule has 2 aliphatic heterocycles. The summed E-state index contributed by atoms with van der Waals surface area (Å²) in [6.45, 7) is 0. The van der Waals surface area contributed by atoms with Gasteiger partial charge in [-0.3, -0.25) is 24.6 Å². The summed E-state index contributed by atoms with van der Waals surface area (Å²) in [5.41, 5.74) is -0.619. The number of methoxy groups -OCH3 is 1. The highest BCUT2D eigenvalue weighted by Gasteiger charge is 2.67. The van der Waals surface area contributed by atoms with E-state index < -0.39 is 35.2 Å². The minimum atomic E-state index is -1.28. The number of esters is 1. The number of likely N-dealkylation sites (tertiary alicyclic amines) is 1. The summed E-state index contributed by atoms with van der Waals surface area (Å²) in [4.78, 5) is 39.4. The van der Waals surface area contributed by atoms with Crippen LogP contribution >= 0.6 is 11.8 Å². The van der Waals surface area contributed by atoms with Gasteiger partial charge in [0.05, 0.1) is 18.9 Å². The molecule has 0 aromatic heterocycles. The highest BCUT2D eigenvalue weighted by molar-refractivity contribution is 7.98. The topological polar surface area (TPSA) is 75.7 Å². The van der Waals surface area contributed by atoms with Crippen LogP contribution in [0.1, 0.15) is 18.0 Å². The van der Waals surface area contributed by atoms with Gasteiger partial charge in [0.25, 0.3) is 0 Å². The molecule has 2 saturated heterocycles. The summed E-state index contributed by atoms with van der Waals surface area (Å²) in [5, 5.41) is 3.23. The molecule has 2 aliphatic rings. The highest BCUT2D eigenvalue weighted by atomic mass is 32.2. The summed E-state index contributed by atoms with van der Waals surface area (Å²) in [5.74, 6) is -2.61. The van der Waals surface area contributed by atoms with E-state index in [1.165, 1.54) is 26.3 Å². The highest BCUT2D eigenvalue weighted by Crippen LogP contribution is 2.50. The minimum absolute atomic E-state index is 0.336. The Labute approximate surface area is 155 Å². The smallest absolute Gasteiger partial charge is 0.326 e. The first kappa shape index (κ1) is 18.8. The monoisotopic (exact) mass is 380 g/mol. The van der Waals surface area contributed by atoms with E-state index in [4.69, 9.17) is 4.74 Å². The van der Waals surface area contributed by atoms with Gasteiger partial charge in [0.15, 0.2) is 0 Å². The fourth-order valence-corrected chi connectivity index (χ4v) is 4.59. The van der Waals surface area contributed by atoms with Crippen LogP contribution in [0.2, 0.25) is 0 Å². The fourth-order valence-electron chi connectivity index (χ4n) is 4.07. The zero-order valence-electron chi connectivity index (χ0n) is 14.8. The molecule has 2 fully saturated rings. The lowest BCUT2D eigenvalue weighted by Crippen LogP contribution is -2.56. The Bertz CT molecular complexity index is 741. The van der Waals surface area contributed by atoms with Gasteiger partial charge in [-0.05, 0) is 36.1 Å². The number of carbonyl (C=O) groups excluding carboxylic acids is 3. The van der Waals surface area contributed by atoms with Crippen molar-refractivity contribution in [2.45, 2.75) is 18.0 Å². The first-order chi connectivity index (χ1) is 12.4. The van der Waals surface area contributed by atoms with E-state index in [0.717, 1.165) is 4.90 Å². The number of imide groups is 1. The van der Waals surface area contributed by atoms with Gasteiger partial charge in [-0.25, -0.2) is 4.39 Å². The molecule has 0 saturated carbocycles. The quantitative estimate of drug-likeness (QED) is 0.614. The molecule has 0 aliphatic carbocycles. The van der Waals surface area contributed by atoms with Gasteiger partial charge in [-0.1, -0.05) is 12.1 Å². The number of ether oxygens (including phenoxy) is 1. The molecule has 2 amide bonds. The number of nitrogens with zero attached hydrogens (tertiary/aromatic N) is 1. The summed E-state index contributed by atoms with van der Waals surface area (Å²) in [6.07, 6.45) is 2.26. The standard InChI is InChI=1S/C18H21FN2O4S/c1-21-15(22)12-13(16(21)23)18(8-9-26-3,17(24)25-2)20-14(12)10-4-6-11(19)7-5-10/h4-7,12-14,20H,8-9H2,1-3H3/t12-,13+,14+,18+/m0/s1. The maximum absolute atomic E-state index is 13.3. The molecule has 26 heavy (non-hydrogen) atoms. The molecule has 4 atom stereocenters. The molecule has 2 heterocycles. The number of thioether (sulfide) groups is 1. The number of hydrogen-bond acceptors (Lipinski definition) is 6. The van der Waals surface area contributed by atoms with Crippen LogP contribution in [0.3, 0.4) is 0 Å². The van der Waals surface area contributed by atoms with Crippen molar-refractivity contribution < 1.29 is 23.5 Å². The predicted molar refractivity (Wildman–Crippen MR) is 94.8 cm³/mol. The van der Waals surface area contributed by atoms with E-state index in [1.54, 1.807) is 23.9 Å². The van der Waals surface area contributed by atoms with E-state index in [1.807, 2.05) is 6.26 Å². The Kier molecular flexibility index (Phi) is 5.07. The van der Waals surface area contributed by atoms with Crippen molar-refractivity contribution in [3.63, 3.8) is 0 Å². The van der Waals surface area contributed by atoms with Crippen molar-refractivity contribution in [1.29, 1.82) is 0 Å². The van der Waals surface area contributed by atoms with Gasteiger partial charge in [-0.2, -0.15) is 11.8 Å². The molecule has 140 valence electrons. The minimum Gasteiger partial charge on any atom is -0.468 e. The molecule has 8 heteroatoms. The lowest BCUT2D eigenvalue weighted by molar-refractivity contribution is -0.154. The SMILES string of the molecule is COC(=O)[C@]1(CCSC)N[C@H](c2ccc(F)cc2)[C@H]2C(=O)N(C)C(=O)[C@@H]21. The van der Waals surface area contributed by atoms with Crippen LogP contribution in [0.5, 0.6) is 0 Å². The second-order valence-electron chi connectivity index (χ2n) is 6.62. The third-order valence-corrected chi connectivity index (χ3v) is 5.97. The Balaban J connectivity index is 2.11. The fraction of sp³-hybridized carbons (Fsp3) is 0.500. The number of fused-ring (bicyclic) bond motifs is 1. The van der Waals surface area contributed by atoms with Crippen LogP contribution < -0.4 is 5.32 Å². The van der Waals surface area contributed by atoms with Gasteiger partial charge in [0.2, 0.25) is 11.8 Å². The number of benzene rings is 1. The van der Waals surface area contributed by atoms with Gasteiger partial charge in [0.1, 0.15) is 11.4 Å². The number of carbonyl (C=O) groups is 3. The van der Waals surface area contributed by atoms with Gasteiger partial charge < -0.3 is 4.74 Å². The average molecular weight is 380 g/mol. The van der Waals surface area contributed by atoms with E-state index >= 15 is 0 Å². The third-order valence-electron chi connectivity index (χ3n) is 5.35. The van der Waals surface area contributed by atoms with E-state index in [9.17, 15) is 18.8 Å². The molecule has 1 aromatic carbocycles. The molecule has 3 rings (SSSR count). The molecule has 0 bridgehead atoms. The molecule has 0 spiro atoms. The van der Waals surface area contributed by atoms with E-state index in [2.05, 4.69) is 5.32 Å². The van der Waals surface area contributed by atoms with Crippen LogP contribution in [0.4, 0.5) is 4.39 Å². The maximum Gasteiger partial charge on any atom is 0.326 e. The number of amides is 2. The lowest BCUT2D eigenvalue weighted by atomic mass is 9.78. The zero-order chi connectivity index (χ0) is 19.1. The molecule has 0 unspecified atom stereocenters. The largest absolute Gasteiger partial charge is 0.468 e. The normalized spacial score (nSPS) is 30.6. The molecular formula is C18H21FN2O4S. The van der Waals surface area contributed by atoms with Crippen molar-refractivity contribution in [3.05, 3.63) is 35.6 Å². The van der Waals surface area contributed by atoms with E-state index in [0.29, 0.717) is 17.7 Å². The Hall–Kier alpha value is -1.93. The number of nitrogens with one attached hydrogen (secondary N) is 1.